The molecule has 1 saturated carbocycles. The Morgan fingerprint density at radius 1 is 0.611 bits per heavy atom. The molecule has 0 aromatic heterocycles. The van der Waals surface area contributed by atoms with Crippen molar-refractivity contribution in [2.45, 2.75) is 102 Å². The lowest BCUT2D eigenvalue weighted by molar-refractivity contribution is 0.347. The largest absolute Gasteiger partial charge is 0.209 e. The maximum Gasteiger partial charge on any atom is 0.0785 e. The Labute approximate surface area is 113 Å². The fourth-order valence-electron chi connectivity index (χ4n) is 3.02. The minimum Gasteiger partial charge on any atom is -0.209 e. The van der Waals surface area contributed by atoms with Gasteiger partial charge in [0.2, 0.25) is 0 Å². The molecule has 0 saturated heterocycles. The first-order valence-electron chi connectivity index (χ1n) is 8.15. The Morgan fingerprint density at radius 3 is 1.17 bits per heavy atom. The van der Waals surface area contributed by atoms with Gasteiger partial charge < -0.3 is 0 Å². The average Bonchev–Trinajstić information content (AvgIpc) is 2.39. The minimum absolute atomic E-state index is 0.0554. The summed E-state index contributed by atoms with van der Waals surface area (Å²) in [6, 6.07) is 0. The molecule has 1 aliphatic rings. The average molecular weight is 252 g/mol. The molecule has 0 radical (unpaired) electrons. The van der Waals surface area contributed by atoms with Crippen LogP contribution in [0.25, 0.3) is 0 Å². The van der Waals surface area contributed by atoms with Crippen molar-refractivity contribution in [2.75, 3.05) is 0 Å². The molecule has 0 aliphatic heterocycles. The molecular weight excluding hydrogens is 220 g/mol. The molecule has 1 N–H and O–H groups in total. The highest BCUT2D eigenvalue weighted by Crippen LogP contribution is 2.27. The van der Waals surface area contributed by atoms with E-state index in [1.165, 1.54) is 77.0 Å². The lowest BCUT2D eigenvalue weighted by Gasteiger charge is -2.23. The summed E-state index contributed by atoms with van der Waals surface area (Å²) in [6.07, 6.45) is 18.8. The quantitative estimate of drug-likeness (QED) is 0.535. The van der Waals surface area contributed by atoms with Crippen molar-refractivity contribution < 1.29 is 0 Å². The molecule has 0 aromatic rings. The number of rotatable bonds is 1. The summed E-state index contributed by atoms with van der Waals surface area (Å²) < 4.78 is 0. The first-order chi connectivity index (χ1) is 8.77. The summed E-state index contributed by atoms with van der Waals surface area (Å²) in [5.74, 6) is 0. The van der Waals surface area contributed by atoms with Crippen LogP contribution in [0.15, 0.2) is 5.11 Å². The molecule has 0 atom stereocenters. The molecule has 0 bridgehead atoms. The lowest BCUT2D eigenvalue weighted by atomic mass is 9.89. The molecule has 2 heteroatoms. The maximum absolute atomic E-state index is 7.42. The van der Waals surface area contributed by atoms with Gasteiger partial charge in [0.05, 0.1) is 5.54 Å². The predicted molar refractivity (Wildman–Crippen MR) is 78.2 cm³/mol. The van der Waals surface area contributed by atoms with Crippen LogP contribution in [-0.4, -0.2) is 5.54 Å². The smallest absolute Gasteiger partial charge is 0.0785 e. The van der Waals surface area contributed by atoms with Gasteiger partial charge in [0, 0.05) is 0 Å². The van der Waals surface area contributed by atoms with Gasteiger partial charge in [-0.15, -0.1) is 0 Å². The van der Waals surface area contributed by atoms with Crippen LogP contribution in [0.1, 0.15) is 96.8 Å². The fourth-order valence-corrected chi connectivity index (χ4v) is 3.02. The van der Waals surface area contributed by atoms with Crippen LogP contribution in [0.4, 0.5) is 0 Å². The first kappa shape index (κ1) is 15.7. The Hall–Kier alpha value is -0.400. The molecule has 0 aromatic carbocycles. The van der Waals surface area contributed by atoms with Gasteiger partial charge in [-0.3, -0.25) is 0 Å². The number of nitrogens with zero attached hydrogens (tertiary/aromatic N) is 1. The van der Waals surface area contributed by atoms with E-state index < -0.39 is 0 Å². The van der Waals surface area contributed by atoms with Gasteiger partial charge in [-0.05, 0) is 19.8 Å². The third kappa shape index (κ3) is 7.13. The van der Waals surface area contributed by atoms with E-state index in [9.17, 15) is 0 Å². The summed E-state index contributed by atoms with van der Waals surface area (Å²) in [4.78, 5) is 0. The van der Waals surface area contributed by atoms with E-state index in [-0.39, 0.29) is 5.54 Å². The Morgan fingerprint density at radius 2 is 0.889 bits per heavy atom. The fraction of sp³-hybridized carbons (Fsp3) is 1.00. The molecule has 1 aliphatic carbocycles. The third-order valence-corrected chi connectivity index (χ3v) is 4.45. The van der Waals surface area contributed by atoms with Gasteiger partial charge in [-0.25, -0.2) is 5.53 Å². The Kier molecular flexibility index (Phi) is 8.28. The molecule has 0 unspecified atom stereocenters. The summed E-state index contributed by atoms with van der Waals surface area (Å²) in [5, 5.41) is 3.92. The predicted octanol–water partition coefficient (Wildman–Crippen LogP) is 6.25. The van der Waals surface area contributed by atoms with E-state index in [2.05, 4.69) is 12.0 Å². The summed E-state index contributed by atoms with van der Waals surface area (Å²) in [6.45, 7) is 2.18. The zero-order valence-electron chi connectivity index (χ0n) is 12.3. The molecule has 2 nitrogen and oxygen atoms in total. The van der Waals surface area contributed by atoms with E-state index in [1.54, 1.807) is 0 Å². The summed E-state index contributed by atoms with van der Waals surface area (Å²) in [5.41, 5.74) is 7.37. The highest BCUT2D eigenvalue weighted by molar-refractivity contribution is 4.80. The topological polar surface area (TPSA) is 36.2 Å². The molecule has 106 valence electrons. The Balaban J connectivity index is 2.31. The van der Waals surface area contributed by atoms with Crippen LogP contribution in [0, 0.1) is 5.53 Å². The second kappa shape index (κ2) is 9.52. The number of nitrogens with one attached hydrogen (secondary N) is 1. The molecule has 1 rings (SSSR count). The van der Waals surface area contributed by atoms with Crippen molar-refractivity contribution in [1.82, 2.24) is 0 Å². The molecule has 1 fully saturated rings. The molecular formula is C16H32N2. The van der Waals surface area contributed by atoms with Gasteiger partial charge >= 0.3 is 0 Å². The van der Waals surface area contributed by atoms with Crippen LogP contribution in [-0.2, 0) is 0 Å². The lowest BCUT2D eigenvalue weighted by Crippen LogP contribution is -2.21. The molecule has 0 amide bonds. The zero-order chi connectivity index (χ0) is 13.1. The highest BCUT2D eigenvalue weighted by Gasteiger charge is 2.21. The standard InChI is InChI=1S/C16H32N2/c1-16(18-17)14-12-10-8-6-4-2-3-5-7-9-11-13-15-16/h17H,2-15H2,1H3. The van der Waals surface area contributed by atoms with Crippen molar-refractivity contribution in [3.05, 3.63) is 0 Å². The van der Waals surface area contributed by atoms with Crippen LogP contribution in [0.2, 0.25) is 0 Å². The van der Waals surface area contributed by atoms with E-state index in [4.69, 9.17) is 5.53 Å². The monoisotopic (exact) mass is 252 g/mol. The second-order valence-corrected chi connectivity index (χ2v) is 6.35. The number of hydrogen-bond acceptors (Lipinski definition) is 2. The second-order valence-electron chi connectivity index (χ2n) is 6.35. The van der Waals surface area contributed by atoms with E-state index >= 15 is 0 Å². The normalized spacial score (nSPS) is 24.7. The summed E-state index contributed by atoms with van der Waals surface area (Å²) in [7, 11) is 0. The van der Waals surface area contributed by atoms with Crippen LogP contribution >= 0.6 is 0 Å². The maximum atomic E-state index is 7.42. The van der Waals surface area contributed by atoms with Crippen molar-refractivity contribution >= 4 is 0 Å². The van der Waals surface area contributed by atoms with Gasteiger partial charge in [-0.2, -0.15) is 5.11 Å². The summed E-state index contributed by atoms with van der Waals surface area (Å²) >= 11 is 0. The highest BCUT2D eigenvalue weighted by atomic mass is 15.0. The van der Waals surface area contributed by atoms with Crippen molar-refractivity contribution in [3.8, 4) is 0 Å². The molecule has 0 heterocycles. The van der Waals surface area contributed by atoms with Gasteiger partial charge in [0.15, 0.2) is 0 Å². The Bertz CT molecular complexity index is 197. The third-order valence-electron chi connectivity index (χ3n) is 4.45. The van der Waals surface area contributed by atoms with E-state index in [1.807, 2.05) is 0 Å². The zero-order valence-corrected chi connectivity index (χ0v) is 12.3. The van der Waals surface area contributed by atoms with Crippen molar-refractivity contribution in [1.29, 1.82) is 5.53 Å². The van der Waals surface area contributed by atoms with Gasteiger partial charge in [-0.1, -0.05) is 77.0 Å². The SMILES string of the molecule is CC1(N=N)CCCCCCCCCCCCCC1. The van der Waals surface area contributed by atoms with Crippen LogP contribution < -0.4 is 0 Å². The van der Waals surface area contributed by atoms with E-state index in [0.717, 1.165) is 12.8 Å². The first-order valence-corrected chi connectivity index (χ1v) is 8.15. The molecule has 0 spiro atoms. The number of hydrogen-bond donors (Lipinski definition) is 1. The van der Waals surface area contributed by atoms with Crippen molar-refractivity contribution in [2.24, 2.45) is 5.11 Å². The minimum atomic E-state index is -0.0554. The van der Waals surface area contributed by atoms with Crippen molar-refractivity contribution in [3.63, 3.8) is 0 Å². The molecule has 18 heavy (non-hydrogen) atoms. The van der Waals surface area contributed by atoms with Crippen LogP contribution in [0.5, 0.6) is 0 Å². The van der Waals surface area contributed by atoms with Gasteiger partial charge in [0.25, 0.3) is 0 Å². The van der Waals surface area contributed by atoms with E-state index in [0.29, 0.717) is 0 Å². The van der Waals surface area contributed by atoms with Crippen LogP contribution in [0.3, 0.4) is 0 Å². The van der Waals surface area contributed by atoms with Gasteiger partial charge in [0.1, 0.15) is 0 Å².